The molecule has 1 aliphatic rings. The fraction of sp³-hybridized carbons (Fsp3) is 0.417. The van der Waals surface area contributed by atoms with E-state index in [4.69, 9.17) is 9.26 Å². The molecule has 3 heterocycles. The molecule has 1 saturated heterocycles. The topological polar surface area (TPSA) is 102 Å². The van der Waals surface area contributed by atoms with Crippen molar-refractivity contribution in [3.63, 3.8) is 0 Å². The number of aryl methyl sites for hydroxylation is 3. The maximum Gasteiger partial charge on any atom is 0.276 e. The second-order valence-corrected chi connectivity index (χ2v) is 8.22. The van der Waals surface area contributed by atoms with Crippen molar-refractivity contribution in [2.45, 2.75) is 52.7 Å². The van der Waals surface area contributed by atoms with Gasteiger partial charge < -0.3 is 19.3 Å². The highest BCUT2D eigenvalue weighted by Gasteiger charge is 2.30. The number of nitrogens with zero attached hydrogens (tertiary/aromatic N) is 4. The van der Waals surface area contributed by atoms with Gasteiger partial charge in [-0.15, -0.1) is 0 Å². The molecule has 0 saturated carbocycles. The smallest absolute Gasteiger partial charge is 0.276 e. The van der Waals surface area contributed by atoms with E-state index >= 15 is 0 Å². The number of hydrogen-bond acceptors (Lipinski definition) is 7. The lowest BCUT2D eigenvalue weighted by molar-refractivity contribution is 0.0698. The number of likely N-dealkylation sites (tertiary alicyclic amines) is 1. The number of amides is 1. The summed E-state index contributed by atoms with van der Waals surface area (Å²) in [6.45, 7) is 6.95. The highest BCUT2D eigenvalue weighted by Crippen LogP contribution is 2.30. The van der Waals surface area contributed by atoms with Crippen molar-refractivity contribution in [1.29, 1.82) is 0 Å². The Kier molecular flexibility index (Phi) is 6.50. The minimum atomic E-state index is -0.149. The molecule has 3 aromatic rings. The van der Waals surface area contributed by atoms with Gasteiger partial charge in [0.05, 0.1) is 17.9 Å². The van der Waals surface area contributed by atoms with Crippen molar-refractivity contribution in [2.24, 2.45) is 0 Å². The molecule has 8 nitrogen and oxygen atoms in total. The van der Waals surface area contributed by atoms with Gasteiger partial charge in [0, 0.05) is 30.8 Å². The largest absolute Gasteiger partial charge is 0.489 e. The van der Waals surface area contributed by atoms with Gasteiger partial charge in [0.25, 0.3) is 5.91 Å². The van der Waals surface area contributed by atoms with E-state index in [0.29, 0.717) is 35.9 Å². The van der Waals surface area contributed by atoms with Crippen molar-refractivity contribution in [3.8, 4) is 5.75 Å². The Labute approximate surface area is 187 Å². The first-order valence-electron chi connectivity index (χ1n) is 10.8. The second-order valence-electron chi connectivity index (χ2n) is 8.22. The number of aliphatic hydroxyl groups excluding tert-OH is 1. The summed E-state index contributed by atoms with van der Waals surface area (Å²) < 4.78 is 11.2. The SMILES string of the molecule is Cc1ccc(OCc2c(C(=O)N3CCC(c4nc(C)ncc4CO)CC3)noc2C)cc1. The summed E-state index contributed by atoms with van der Waals surface area (Å²) in [5, 5.41) is 13.7. The second kappa shape index (κ2) is 9.48. The van der Waals surface area contributed by atoms with Crippen molar-refractivity contribution in [1.82, 2.24) is 20.0 Å². The zero-order valence-corrected chi connectivity index (χ0v) is 18.7. The monoisotopic (exact) mass is 436 g/mol. The van der Waals surface area contributed by atoms with E-state index in [9.17, 15) is 9.90 Å². The molecule has 4 rings (SSSR count). The number of benzene rings is 1. The summed E-state index contributed by atoms with van der Waals surface area (Å²) in [5.41, 5.74) is 3.77. The Morgan fingerprint density at radius 2 is 1.91 bits per heavy atom. The molecular weight excluding hydrogens is 408 g/mol. The van der Waals surface area contributed by atoms with Crippen LogP contribution in [-0.4, -0.2) is 44.1 Å². The van der Waals surface area contributed by atoms with Gasteiger partial charge in [0.15, 0.2) is 5.69 Å². The quantitative estimate of drug-likeness (QED) is 0.631. The van der Waals surface area contributed by atoms with Gasteiger partial charge in [-0.2, -0.15) is 0 Å². The van der Waals surface area contributed by atoms with Gasteiger partial charge in [0.1, 0.15) is 23.9 Å². The molecule has 0 aliphatic carbocycles. The third-order valence-electron chi connectivity index (χ3n) is 5.95. The Bertz CT molecular complexity index is 1090. The molecule has 1 aromatic carbocycles. The summed E-state index contributed by atoms with van der Waals surface area (Å²) in [6, 6.07) is 7.76. The summed E-state index contributed by atoms with van der Waals surface area (Å²) in [7, 11) is 0. The molecule has 32 heavy (non-hydrogen) atoms. The number of aliphatic hydroxyl groups is 1. The fourth-order valence-corrected chi connectivity index (χ4v) is 4.01. The lowest BCUT2D eigenvalue weighted by Gasteiger charge is -2.32. The van der Waals surface area contributed by atoms with Gasteiger partial charge >= 0.3 is 0 Å². The van der Waals surface area contributed by atoms with Crippen LogP contribution < -0.4 is 4.74 Å². The van der Waals surface area contributed by atoms with Crippen LogP contribution in [0.5, 0.6) is 5.75 Å². The van der Waals surface area contributed by atoms with E-state index in [1.165, 1.54) is 0 Å². The van der Waals surface area contributed by atoms with Crippen LogP contribution >= 0.6 is 0 Å². The Morgan fingerprint density at radius 1 is 1.19 bits per heavy atom. The highest BCUT2D eigenvalue weighted by atomic mass is 16.5. The van der Waals surface area contributed by atoms with Gasteiger partial charge in [-0.25, -0.2) is 9.97 Å². The third-order valence-corrected chi connectivity index (χ3v) is 5.95. The Hall–Kier alpha value is -3.26. The Balaban J connectivity index is 1.42. The number of carbonyl (C=O) groups excluding carboxylic acids is 1. The predicted octanol–water partition coefficient (Wildman–Crippen LogP) is 3.48. The number of ether oxygens (including phenoxy) is 1. The minimum absolute atomic E-state index is 0.0860. The van der Waals surface area contributed by atoms with E-state index in [-0.39, 0.29) is 25.0 Å². The number of hydrogen-bond donors (Lipinski definition) is 1. The molecule has 0 atom stereocenters. The normalized spacial score (nSPS) is 14.6. The first kappa shape index (κ1) is 22.0. The van der Waals surface area contributed by atoms with Crippen LogP contribution in [0.4, 0.5) is 0 Å². The average Bonchev–Trinajstić information content (AvgIpc) is 3.18. The van der Waals surface area contributed by atoms with E-state index in [0.717, 1.165) is 35.4 Å². The number of carbonyl (C=O) groups is 1. The van der Waals surface area contributed by atoms with Gasteiger partial charge in [-0.3, -0.25) is 4.79 Å². The van der Waals surface area contributed by atoms with E-state index in [1.54, 1.807) is 18.0 Å². The maximum atomic E-state index is 13.2. The molecule has 0 radical (unpaired) electrons. The van der Waals surface area contributed by atoms with Crippen LogP contribution in [0.1, 0.15) is 63.2 Å². The third kappa shape index (κ3) is 4.65. The first-order valence-corrected chi connectivity index (χ1v) is 10.8. The zero-order chi connectivity index (χ0) is 22.7. The fourth-order valence-electron chi connectivity index (χ4n) is 4.01. The summed E-state index contributed by atoms with van der Waals surface area (Å²) in [6.07, 6.45) is 3.22. The molecule has 0 spiro atoms. The Morgan fingerprint density at radius 3 is 2.59 bits per heavy atom. The molecule has 1 amide bonds. The predicted molar refractivity (Wildman–Crippen MR) is 117 cm³/mol. The van der Waals surface area contributed by atoms with E-state index < -0.39 is 0 Å². The maximum absolute atomic E-state index is 13.2. The van der Waals surface area contributed by atoms with Crippen molar-refractivity contribution >= 4 is 5.91 Å². The standard InChI is InChI=1S/C24H28N4O4/c1-15-4-6-20(7-5-15)31-14-21-16(2)32-27-23(21)24(30)28-10-8-18(9-11-28)22-19(13-29)12-25-17(3)26-22/h4-7,12,18,29H,8-11,13-14H2,1-3H3. The minimum Gasteiger partial charge on any atom is -0.489 e. The summed E-state index contributed by atoms with van der Waals surface area (Å²) >= 11 is 0. The van der Waals surface area contributed by atoms with Crippen LogP contribution in [0.3, 0.4) is 0 Å². The summed E-state index contributed by atoms with van der Waals surface area (Å²) in [5.74, 6) is 2.04. The van der Waals surface area contributed by atoms with E-state index in [2.05, 4.69) is 15.1 Å². The van der Waals surface area contributed by atoms with Crippen molar-refractivity contribution < 1.29 is 19.2 Å². The highest BCUT2D eigenvalue weighted by molar-refractivity contribution is 5.93. The van der Waals surface area contributed by atoms with Crippen molar-refractivity contribution in [2.75, 3.05) is 13.1 Å². The molecular formula is C24H28N4O4. The van der Waals surface area contributed by atoms with Crippen LogP contribution in [0, 0.1) is 20.8 Å². The molecule has 1 N–H and O–H groups in total. The molecule has 2 aromatic heterocycles. The van der Waals surface area contributed by atoms with Gasteiger partial charge in [0.2, 0.25) is 0 Å². The number of aromatic nitrogens is 3. The summed E-state index contributed by atoms with van der Waals surface area (Å²) in [4.78, 5) is 23.7. The molecule has 0 unspecified atom stereocenters. The molecule has 0 bridgehead atoms. The van der Waals surface area contributed by atoms with Crippen molar-refractivity contribution in [3.05, 3.63) is 70.1 Å². The van der Waals surface area contributed by atoms with Gasteiger partial charge in [-0.05, 0) is 45.7 Å². The van der Waals surface area contributed by atoms with Crippen LogP contribution in [0.25, 0.3) is 0 Å². The van der Waals surface area contributed by atoms with Crippen LogP contribution in [0.2, 0.25) is 0 Å². The first-order chi connectivity index (χ1) is 15.5. The van der Waals surface area contributed by atoms with Crippen LogP contribution in [-0.2, 0) is 13.2 Å². The van der Waals surface area contributed by atoms with Gasteiger partial charge in [-0.1, -0.05) is 22.9 Å². The molecule has 1 fully saturated rings. The lowest BCUT2D eigenvalue weighted by atomic mass is 9.90. The lowest BCUT2D eigenvalue weighted by Crippen LogP contribution is -2.39. The van der Waals surface area contributed by atoms with Crippen LogP contribution in [0.15, 0.2) is 35.0 Å². The average molecular weight is 437 g/mol. The molecule has 1 aliphatic heterocycles. The van der Waals surface area contributed by atoms with E-state index in [1.807, 2.05) is 38.1 Å². The number of piperidine rings is 1. The molecule has 168 valence electrons. The number of rotatable bonds is 6. The zero-order valence-electron chi connectivity index (χ0n) is 18.7. The molecule has 8 heteroatoms.